The highest BCUT2D eigenvalue weighted by atomic mass is 32.2. The second-order valence-corrected chi connectivity index (χ2v) is 8.36. The van der Waals surface area contributed by atoms with Gasteiger partial charge in [0.15, 0.2) is 9.84 Å². The fourth-order valence-electron chi connectivity index (χ4n) is 1.77. The molecule has 7 nitrogen and oxygen atoms in total. The summed E-state index contributed by atoms with van der Waals surface area (Å²) in [6.45, 7) is 0.242. The molecule has 2 heterocycles. The number of aromatic amines is 1. The number of aromatic nitrogens is 1. The monoisotopic (exact) mass is 293 g/mol. The van der Waals surface area contributed by atoms with Crippen molar-refractivity contribution in [1.82, 2.24) is 9.29 Å². The number of sulfonamides is 1. The van der Waals surface area contributed by atoms with Crippen molar-refractivity contribution in [3.05, 3.63) is 18.0 Å². The Kier molecular flexibility index (Phi) is 3.49. The van der Waals surface area contributed by atoms with Gasteiger partial charge in [-0.15, -0.1) is 0 Å². The van der Waals surface area contributed by atoms with Crippen molar-refractivity contribution in [2.45, 2.75) is 11.4 Å². The molecule has 0 unspecified atom stereocenters. The van der Waals surface area contributed by atoms with Crippen LogP contribution in [-0.4, -0.2) is 50.7 Å². The minimum absolute atomic E-state index is 0.00774. The van der Waals surface area contributed by atoms with Gasteiger partial charge in [-0.25, -0.2) is 16.8 Å². The van der Waals surface area contributed by atoms with Crippen LogP contribution in [0.2, 0.25) is 0 Å². The standard InChI is InChI=1S/C9H15N3O4S2/c10-6-8-5-9(7-11-8)18(15,16)12-1-3-17(13,14)4-2-12/h5,7,11H,1-4,6,10H2. The molecule has 2 rings (SSSR count). The molecule has 0 atom stereocenters. The number of nitrogens with one attached hydrogen (secondary N) is 1. The van der Waals surface area contributed by atoms with Crippen molar-refractivity contribution < 1.29 is 16.8 Å². The summed E-state index contributed by atoms with van der Waals surface area (Å²) in [6, 6.07) is 1.47. The SMILES string of the molecule is NCc1cc(S(=O)(=O)N2CCS(=O)(=O)CC2)c[nH]1. The van der Waals surface area contributed by atoms with Gasteiger partial charge in [0.1, 0.15) is 0 Å². The van der Waals surface area contributed by atoms with E-state index in [4.69, 9.17) is 5.73 Å². The first-order chi connectivity index (χ1) is 8.35. The molecule has 1 aliphatic rings. The Labute approximate surface area is 106 Å². The highest BCUT2D eigenvalue weighted by Crippen LogP contribution is 2.18. The maximum atomic E-state index is 12.2. The Morgan fingerprint density at radius 1 is 1.33 bits per heavy atom. The van der Waals surface area contributed by atoms with Gasteiger partial charge in [-0.1, -0.05) is 0 Å². The van der Waals surface area contributed by atoms with Crippen molar-refractivity contribution in [2.75, 3.05) is 24.6 Å². The van der Waals surface area contributed by atoms with Crippen LogP contribution >= 0.6 is 0 Å². The van der Waals surface area contributed by atoms with E-state index in [2.05, 4.69) is 4.98 Å². The number of H-pyrrole nitrogens is 1. The van der Waals surface area contributed by atoms with Crippen molar-refractivity contribution in [3.8, 4) is 0 Å². The van der Waals surface area contributed by atoms with E-state index in [0.717, 1.165) is 0 Å². The Morgan fingerprint density at radius 2 is 1.94 bits per heavy atom. The van der Waals surface area contributed by atoms with Gasteiger partial charge in [-0.2, -0.15) is 4.31 Å². The molecule has 1 aromatic heterocycles. The summed E-state index contributed by atoms with van der Waals surface area (Å²) in [5, 5.41) is 0. The first-order valence-corrected chi connectivity index (χ1v) is 8.69. The lowest BCUT2D eigenvalue weighted by molar-refractivity contribution is 0.431. The highest BCUT2D eigenvalue weighted by molar-refractivity contribution is 7.92. The summed E-state index contributed by atoms with van der Waals surface area (Å²) < 4.78 is 48.1. The largest absolute Gasteiger partial charge is 0.363 e. The maximum absolute atomic E-state index is 12.2. The summed E-state index contributed by atoms with van der Waals surface area (Å²) >= 11 is 0. The molecule has 9 heteroatoms. The molecule has 1 aliphatic heterocycles. The smallest absolute Gasteiger partial charge is 0.244 e. The maximum Gasteiger partial charge on any atom is 0.244 e. The Morgan fingerprint density at radius 3 is 2.44 bits per heavy atom. The second kappa shape index (κ2) is 4.65. The lowest BCUT2D eigenvalue weighted by atomic mass is 10.4. The molecule has 0 aliphatic carbocycles. The molecular weight excluding hydrogens is 278 g/mol. The van der Waals surface area contributed by atoms with Crippen LogP contribution in [0.3, 0.4) is 0 Å². The zero-order chi connectivity index (χ0) is 13.4. The Bertz CT molecular complexity index is 619. The van der Waals surface area contributed by atoms with Crippen LogP contribution in [0.25, 0.3) is 0 Å². The molecule has 0 amide bonds. The quantitative estimate of drug-likeness (QED) is 0.734. The molecule has 18 heavy (non-hydrogen) atoms. The van der Waals surface area contributed by atoms with E-state index in [9.17, 15) is 16.8 Å². The molecule has 3 N–H and O–H groups in total. The van der Waals surface area contributed by atoms with Crippen LogP contribution in [0.1, 0.15) is 5.69 Å². The molecular formula is C9H15N3O4S2. The summed E-state index contributed by atoms with van der Waals surface area (Å²) in [5.41, 5.74) is 6.02. The summed E-state index contributed by atoms with van der Waals surface area (Å²) in [7, 11) is -6.71. The van der Waals surface area contributed by atoms with Crippen molar-refractivity contribution in [2.24, 2.45) is 5.73 Å². The van der Waals surface area contributed by atoms with E-state index in [0.29, 0.717) is 5.69 Å². The van der Waals surface area contributed by atoms with Gasteiger partial charge in [-0.05, 0) is 6.07 Å². The number of sulfone groups is 1. The summed E-state index contributed by atoms with van der Waals surface area (Å²) in [6.07, 6.45) is 1.38. The third-order valence-corrected chi connectivity index (χ3v) is 6.36. The van der Waals surface area contributed by atoms with Crippen molar-refractivity contribution >= 4 is 19.9 Å². The summed E-state index contributed by atoms with van der Waals surface area (Å²) in [4.78, 5) is 2.89. The molecule has 0 bridgehead atoms. The normalized spacial score (nSPS) is 20.9. The Balaban J connectivity index is 2.22. The van der Waals surface area contributed by atoms with Gasteiger partial charge in [0.05, 0.1) is 16.4 Å². The topological polar surface area (TPSA) is 113 Å². The first-order valence-electron chi connectivity index (χ1n) is 5.43. The van der Waals surface area contributed by atoms with Crippen molar-refractivity contribution in [1.29, 1.82) is 0 Å². The van der Waals surface area contributed by atoms with Gasteiger partial charge in [0, 0.05) is 31.5 Å². The Hall–Kier alpha value is -0.900. The van der Waals surface area contributed by atoms with Crippen LogP contribution in [0.4, 0.5) is 0 Å². The predicted molar refractivity (Wildman–Crippen MR) is 66.1 cm³/mol. The molecule has 1 aromatic rings. The third kappa shape index (κ3) is 2.58. The fourth-order valence-corrected chi connectivity index (χ4v) is 4.66. The molecule has 102 valence electrons. The molecule has 0 spiro atoms. The van der Waals surface area contributed by atoms with Crippen LogP contribution in [0.5, 0.6) is 0 Å². The van der Waals surface area contributed by atoms with Gasteiger partial charge in [0.2, 0.25) is 10.0 Å². The van der Waals surface area contributed by atoms with Gasteiger partial charge in [-0.3, -0.25) is 0 Å². The van der Waals surface area contributed by atoms with Crippen LogP contribution in [-0.2, 0) is 26.4 Å². The number of nitrogens with two attached hydrogens (primary N) is 1. The lowest BCUT2D eigenvalue weighted by Gasteiger charge is -2.25. The highest BCUT2D eigenvalue weighted by Gasteiger charge is 2.31. The van der Waals surface area contributed by atoms with E-state index < -0.39 is 19.9 Å². The van der Waals surface area contributed by atoms with Crippen LogP contribution in [0, 0.1) is 0 Å². The number of hydrogen-bond acceptors (Lipinski definition) is 5. The van der Waals surface area contributed by atoms with Gasteiger partial charge >= 0.3 is 0 Å². The fraction of sp³-hybridized carbons (Fsp3) is 0.556. The number of rotatable bonds is 3. The molecule has 1 saturated heterocycles. The molecule has 0 radical (unpaired) electrons. The predicted octanol–water partition coefficient (Wildman–Crippen LogP) is -1.11. The van der Waals surface area contributed by atoms with E-state index >= 15 is 0 Å². The van der Waals surface area contributed by atoms with E-state index in [-0.39, 0.29) is 36.0 Å². The van der Waals surface area contributed by atoms with E-state index in [1.165, 1.54) is 16.6 Å². The average Bonchev–Trinajstić information content (AvgIpc) is 2.77. The van der Waals surface area contributed by atoms with Gasteiger partial charge in [0.25, 0.3) is 0 Å². The molecule has 1 fully saturated rings. The van der Waals surface area contributed by atoms with Crippen LogP contribution in [0.15, 0.2) is 17.2 Å². The zero-order valence-electron chi connectivity index (χ0n) is 9.66. The minimum atomic E-state index is -3.62. The first kappa shape index (κ1) is 13.5. The summed E-state index contributed by atoms with van der Waals surface area (Å²) in [5.74, 6) is -0.249. The average molecular weight is 293 g/mol. The zero-order valence-corrected chi connectivity index (χ0v) is 11.3. The number of hydrogen-bond donors (Lipinski definition) is 2. The van der Waals surface area contributed by atoms with Crippen LogP contribution < -0.4 is 5.73 Å². The molecule has 0 aromatic carbocycles. The number of nitrogens with zero attached hydrogens (tertiary/aromatic N) is 1. The molecule has 0 saturated carbocycles. The van der Waals surface area contributed by atoms with E-state index in [1.54, 1.807) is 0 Å². The lowest BCUT2D eigenvalue weighted by Crippen LogP contribution is -2.43. The van der Waals surface area contributed by atoms with E-state index in [1.807, 2.05) is 0 Å². The minimum Gasteiger partial charge on any atom is -0.363 e. The van der Waals surface area contributed by atoms with Gasteiger partial charge < -0.3 is 10.7 Å². The second-order valence-electron chi connectivity index (χ2n) is 4.12. The van der Waals surface area contributed by atoms with Crippen molar-refractivity contribution in [3.63, 3.8) is 0 Å². The third-order valence-electron chi connectivity index (χ3n) is 2.88.